The molecule has 2 unspecified atom stereocenters. The van der Waals surface area contributed by atoms with Crippen LogP contribution in [0, 0.1) is 5.41 Å². The van der Waals surface area contributed by atoms with Gasteiger partial charge in [0.2, 0.25) is 5.76 Å². The van der Waals surface area contributed by atoms with Gasteiger partial charge in [-0.2, -0.15) is 0 Å². The number of carboxylic acid groups (broad SMARTS) is 1. The maximum atomic E-state index is 10.8. The topological polar surface area (TPSA) is 62.5 Å². The minimum atomic E-state index is -1.02. The van der Waals surface area contributed by atoms with Crippen LogP contribution in [0.1, 0.15) is 68.8 Å². The van der Waals surface area contributed by atoms with E-state index in [-0.39, 0.29) is 11.8 Å². The van der Waals surface area contributed by atoms with Crippen LogP contribution >= 0.6 is 0 Å². The van der Waals surface area contributed by atoms with Crippen molar-refractivity contribution >= 4 is 5.97 Å². The standard InChI is InChI=1S/C15H23NO3/c1-10(12-6-7-13(19-12)14(17)18)16-11-5-4-8-15(2,3)9-11/h6-7,10-11,16H,4-5,8-9H2,1-3H3,(H,17,18). The first-order valence-corrected chi connectivity index (χ1v) is 6.96. The Kier molecular flexibility index (Phi) is 3.99. The van der Waals surface area contributed by atoms with Crippen LogP contribution in [-0.2, 0) is 0 Å². The van der Waals surface area contributed by atoms with Crippen molar-refractivity contribution in [3.8, 4) is 0 Å². The van der Waals surface area contributed by atoms with Gasteiger partial charge in [-0.3, -0.25) is 0 Å². The second-order valence-corrected chi connectivity index (χ2v) is 6.35. The lowest BCUT2D eigenvalue weighted by Crippen LogP contribution is -2.38. The highest BCUT2D eigenvalue weighted by molar-refractivity contribution is 5.84. The number of carboxylic acids is 1. The first kappa shape index (κ1) is 14.1. The van der Waals surface area contributed by atoms with E-state index in [1.165, 1.54) is 25.3 Å². The SMILES string of the molecule is CC(NC1CCCC(C)(C)C1)c1ccc(C(=O)O)o1. The molecule has 0 aromatic carbocycles. The lowest BCUT2D eigenvalue weighted by Gasteiger charge is -2.36. The Morgan fingerprint density at radius 2 is 2.26 bits per heavy atom. The Bertz CT molecular complexity index is 450. The van der Waals surface area contributed by atoms with Gasteiger partial charge in [-0.15, -0.1) is 0 Å². The van der Waals surface area contributed by atoms with E-state index in [0.717, 1.165) is 6.42 Å². The number of hydrogen-bond acceptors (Lipinski definition) is 3. The van der Waals surface area contributed by atoms with Crippen LogP contribution in [0.4, 0.5) is 0 Å². The molecule has 2 atom stereocenters. The fraction of sp³-hybridized carbons (Fsp3) is 0.667. The molecule has 0 aliphatic heterocycles. The molecule has 0 saturated heterocycles. The number of rotatable bonds is 4. The number of furan rings is 1. The van der Waals surface area contributed by atoms with E-state index in [1.807, 2.05) is 6.92 Å². The van der Waals surface area contributed by atoms with Crippen molar-refractivity contribution in [1.82, 2.24) is 5.32 Å². The van der Waals surface area contributed by atoms with E-state index in [1.54, 1.807) is 6.07 Å². The van der Waals surface area contributed by atoms with Crippen molar-refractivity contribution in [1.29, 1.82) is 0 Å². The average molecular weight is 265 g/mol. The Morgan fingerprint density at radius 1 is 1.53 bits per heavy atom. The molecule has 4 nitrogen and oxygen atoms in total. The molecule has 1 aliphatic rings. The molecule has 106 valence electrons. The molecule has 1 aliphatic carbocycles. The number of nitrogens with one attached hydrogen (secondary N) is 1. The van der Waals surface area contributed by atoms with Crippen LogP contribution in [-0.4, -0.2) is 17.1 Å². The quantitative estimate of drug-likeness (QED) is 0.873. The van der Waals surface area contributed by atoms with Crippen LogP contribution in [0.5, 0.6) is 0 Å². The van der Waals surface area contributed by atoms with Crippen molar-refractivity contribution in [2.75, 3.05) is 0 Å². The third-order valence-corrected chi connectivity index (χ3v) is 3.96. The molecular weight excluding hydrogens is 242 g/mol. The highest BCUT2D eigenvalue weighted by Gasteiger charge is 2.29. The molecule has 0 amide bonds. The van der Waals surface area contributed by atoms with Gasteiger partial charge in [-0.05, 0) is 43.7 Å². The second kappa shape index (κ2) is 5.37. The molecule has 2 rings (SSSR count). The second-order valence-electron chi connectivity index (χ2n) is 6.35. The zero-order valence-electron chi connectivity index (χ0n) is 11.9. The molecule has 1 heterocycles. The van der Waals surface area contributed by atoms with Crippen LogP contribution in [0.15, 0.2) is 16.5 Å². The molecule has 1 aromatic heterocycles. The largest absolute Gasteiger partial charge is 0.475 e. The highest BCUT2D eigenvalue weighted by atomic mass is 16.4. The number of carbonyl (C=O) groups is 1. The summed E-state index contributed by atoms with van der Waals surface area (Å²) in [6, 6.07) is 3.79. The molecule has 0 spiro atoms. The van der Waals surface area contributed by atoms with Crippen molar-refractivity contribution in [3.05, 3.63) is 23.7 Å². The van der Waals surface area contributed by atoms with E-state index < -0.39 is 5.97 Å². The third-order valence-electron chi connectivity index (χ3n) is 3.96. The summed E-state index contributed by atoms with van der Waals surface area (Å²) in [4.78, 5) is 10.8. The van der Waals surface area contributed by atoms with Crippen LogP contribution in [0.25, 0.3) is 0 Å². The molecule has 0 bridgehead atoms. The van der Waals surface area contributed by atoms with Crippen LogP contribution < -0.4 is 5.32 Å². The fourth-order valence-electron chi connectivity index (χ4n) is 2.98. The van der Waals surface area contributed by atoms with Crippen molar-refractivity contribution in [2.24, 2.45) is 5.41 Å². The van der Waals surface area contributed by atoms with Gasteiger partial charge in [-0.1, -0.05) is 20.3 Å². The molecular formula is C15H23NO3. The van der Waals surface area contributed by atoms with Gasteiger partial charge in [0.15, 0.2) is 0 Å². The van der Waals surface area contributed by atoms with Gasteiger partial charge >= 0.3 is 5.97 Å². The summed E-state index contributed by atoms with van der Waals surface area (Å²) in [7, 11) is 0. The van der Waals surface area contributed by atoms with Gasteiger partial charge < -0.3 is 14.8 Å². The van der Waals surface area contributed by atoms with Gasteiger partial charge in [0, 0.05) is 6.04 Å². The Labute approximate surface area is 114 Å². The summed E-state index contributed by atoms with van der Waals surface area (Å²) in [5.41, 5.74) is 0.394. The summed E-state index contributed by atoms with van der Waals surface area (Å²) in [6.07, 6.45) is 4.86. The summed E-state index contributed by atoms with van der Waals surface area (Å²) in [6.45, 7) is 6.63. The van der Waals surface area contributed by atoms with Crippen molar-refractivity contribution < 1.29 is 14.3 Å². The lowest BCUT2D eigenvalue weighted by molar-refractivity contribution is 0.0659. The molecule has 1 aromatic rings. The van der Waals surface area contributed by atoms with E-state index in [4.69, 9.17) is 9.52 Å². The van der Waals surface area contributed by atoms with Gasteiger partial charge in [0.1, 0.15) is 5.76 Å². The summed E-state index contributed by atoms with van der Waals surface area (Å²) in [5, 5.41) is 12.4. The van der Waals surface area contributed by atoms with E-state index in [0.29, 0.717) is 17.2 Å². The van der Waals surface area contributed by atoms with Crippen LogP contribution in [0.3, 0.4) is 0 Å². The summed E-state index contributed by atoms with van der Waals surface area (Å²) < 4.78 is 5.34. The molecule has 19 heavy (non-hydrogen) atoms. The van der Waals surface area contributed by atoms with Crippen molar-refractivity contribution in [3.63, 3.8) is 0 Å². The predicted molar refractivity (Wildman–Crippen MR) is 73.3 cm³/mol. The molecule has 4 heteroatoms. The number of hydrogen-bond donors (Lipinski definition) is 2. The van der Waals surface area contributed by atoms with E-state index in [9.17, 15) is 4.79 Å². The predicted octanol–water partition coefficient (Wildman–Crippen LogP) is 3.60. The van der Waals surface area contributed by atoms with E-state index >= 15 is 0 Å². The zero-order valence-corrected chi connectivity index (χ0v) is 11.9. The lowest BCUT2D eigenvalue weighted by atomic mass is 9.75. The maximum Gasteiger partial charge on any atom is 0.371 e. The summed E-state index contributed by atoms with van der Waals surface area (Å²) >= 11 is 0. The first-order valence-electron chi connectivity index (χ1n) is 6.96. The molecule has 1 fully saturated rings. The minimum absolute atomic E-state index is 0.00706. The Morgan fingerprint density at radius 3 is 2.84 bits per heavy atom. The third kappa shape index (κ3) is 3.60. The van der Waals surface area contributed by atoms with Crippen LogP contribution in [0.2, 0.25) is 0 Å². The van der Waals surface area contributed by atoms with Gasteiger partial charge in [-0.25, -0.2) is 4.79 Å². The summed E-state index contributed by atoms with van der Waals surface area (Å²) in [5.74, 6) is -0.314. The van der Waals surface area contributed by atoms with Gasteiger partial charge in [0.25, 0.3) is 0 Å². The molecule has 1 saturated carbocycles. The monoisotopic (exact) mass is 265 g/mol. The first-order chi connectivity index (χ1) is 8.87. The minimum Gasteiger partial charge on any atom is -0.475 e. The average Bonchev–Trinajstić information content (AvgIpc) is 2.76. The smallest absolute Gasteiger partial charge is 0.371 e. The maximum absolute atomic E-state index is 10.8. The normalized spacial score (nSPS) is 24.1. The molecule has 0 radical (unpaired) electrons. The highest BCUT2D eigenvalue weighted by Crippen LogP contribution is 2.36. The van der Waals surface area contributed by atoms with E-state index in [2.05, 4.69) is 19.2 Å². The Hall–Kier alpha value is -1.29. The molecule has 2 N–H and O–H groups in total. The van der Waals surface area contributed by atoms with Gasteiger partial charge in [0.05, 0.1) is 6.04 Å². The van der Waals surface area contributed by atoms with Crippen molar-refractivity contribution in [2.45, 2.75) is 58.5 Å². The Balaban J connectivity index is 1.96. The number of aromatic carboxylic acids is 1. The fourth-order valence-corrected chi connectivity index (χ4v) is 2.98. The zero-order chi connectivity index (χ0) is 14.0.